The SMILES string of the molecule is Cc1cc(NC(=O)CCCSc2ccc(F)cc2)n(-c2nc3cc4c(cc3s2)OCO4)n1. The first-order chi connectivity index (χ1) is 15.5. The fourth-order valence-electron chi connectivity index (χ4n) is 3.29. The van der Waals surface area contributed by atoms with Gasteiger partial charge < -0.3 is 14.8 Å². The maximum Gasteiger partial charge on any atom is 0.231 e. The number of rotatable bonds is 7. The Balaban J connectivity index is 1.24. The monoisotopic (exact) mass is 470 g/mol. The molecule has 10 heteroatoms. The first kappa shape index (κ1) is 20.8. The maximum atomic E-state index is 13.0. The van der Waals surface area contributed by atoms with Gasteiger partial charge in [-0.3, -0.25) is 4.79 Å². The van der Waals surface area contributed by atoms with Gasteiger partial charge in [0.1, 0.15) is 11.6 Å². The van der Waals surface area contributed by atoms with Crippen molar-refractivity contribution in [2.45, 2.75) is 24.7 Å². The second-order valence-corrected chi connectivity index (χ2v) is 9.38. The second-order valence-electron chi connectivity index (χ2n) is 7.21. The van der Waals surface area contributed by atoms with E-state index in [0.29, 0.717) is 35.3 Å². The van der Waals surface area contributed by atoms with Crippen LogP contribution in [0.15, 0.2) is 47.4 Å². The van der Waals surface area contributed by atoms with E-state index in [4.69, 9.17) is 9.47 Å². The summed E-state index contributed by atoms with van der Waals surface area (Å²) < 4.78 is 26.4. The number of halogens is 1. The number of hydrogen-bond acceptors (Lipinski definition) is 7. The van der Waals surface area contributed by atoms with Gasteiger partial charge in [0, 0.05) is 29.5 Å². The molecule has 1 aliphatic heterocycles. The molecule has 0 bridgehead atoms. The smallest absolute Gasteiger partial charge is 0.231 e. The number of amides is 1. The van der Waals surface area contributed by atoms with Crippen LogP contribution in [0.5, 0.6) is 11.5 Å². The summed E-state index contributed by atoms with van der Waals surface area (Å²) >= 11 is 3.06. The molecule has 0 radical (unpaired) electrons. The Hall–Kier alpha value is -3.11. The molecule has 4 aromatic rings. The quantitative estimate of drug-likeness (QED) is 0.297. The van der Waals surface area contributed by atoms with Crippen LogP contribution in [0.1, 0.15) is 18.5 Å². The molecule has 2 aromatic heterocycles. The molecule has 0 fully saturated rings. The number of fused-ring (bicyclic) bond motifs is 2. The number of nitrogens with one attached hydrogen (secondary N) is 1. The Labute approximate surface area is 191 Å². The van der Waals surface area contributed by atoms with E-state index in [1.165, 1.54) is 23.5 Å². The average Bonchev–Trinajstić information content (AvgIpc) is 3.48. The van der Waals surface area contributed by atoms with Crippen LogP contribution < -0.4 is 14.8 Å². The molecule has 0 spiro atoms. The molecule has 164 valence electrons. The molecule has 0 atom stereocenters. The number of benzene rings is 2. The molecular formula is C22H19FN4O3S2. The molecule has 7 nitrogen and oxygen atoms in total. The summed E-state index contributed by atoms with van der Waals surface area (Å²) in [6.45, 7) is 2.09. The number of nitrogens with zero attached hydrogens (tertiary/aromatic N) is 3. The number of carbonyl (C=O) groups excluding carboxylic acids is 1. The van der Waals surface area contributed by atoms with Crippen molar-refractivity contribution in [2.75, 3.05) is 17.9 Å². The largest absolute Gasteiger partial charge is 0.454 e. The number of hydrogen-bond donors (Lipinski definition) is 1. The Bertz CT molecular complexity index is 1250. The van der Waals surface area contributed by atoms with Crippen LogP contribution in [0.4, 0.5) is 10.2 Å². The molecule has 0 saturated heterocycles. The lowest BCUT2D eigenvalue weighted by Gasteiger charge is -2.06. The van der Waals surface area contributed by atoms with Gasteiger partial charge in [-0.1, -0.05) is 11.3 Å². The number of thiazole rings is 1. The second kappa shape index (κ2) is 8.79. The molecule has 0 unspecified atom stereocenters. The zero-order valence-corrected chi connectivity index (χ0v) is 18.8. The van der Waals surface area contributed by atoms with E-state index >= 15 is 0 Å². The third kappa shape index (κ3) is 4.42. The minimum Gasteiger partial charge on any atom is -0.454 e. The van der Waals surface area contributed by atoms with Crippen LogP contribution in [0, 0.1) is 12.7 Å². The molecule has 1 N–H and O–H groups in total. The Morgan fingerprint density at radius 1 is 1.22 bits per heavy atom. The van der Waals surface area contributed by atoms with Crippen LogP contribution in [0.25, 0.3) is 15.3 Å². The van der Waals surface area contributed by atoms with E-state index < -0.39 is 0 Å². The van der Waals surface area contributed by atoms with Gasteiger partial charge in [-0.05, 0) is 43.4 Å². The van der Waals surface area contributed by atoms with Crippen LogP contribution in [0.3, 0.4) is 0 Å². The Morgan fingerprint density at radius 3 is 2.81 bits per heavy atom. The van der Waals surface area contributed by atoms with E-state index in [2.05, 4.69) is 15.4 Å². The van der Waals surface area contributed by atoms with Crippen LogP contribution in [-0.4, -0.2) is 33.2 Å². The summed E-state index contributed by atoms with van der Waals surface area (Å²) in [7, 11) is 0. The molecule has 1 aliphatic rings. The molecule has 2 aromatic carbocycles. The summed E-state index contributed by atoms with van der Waals surface area (Å²) in [5, 5.41) is 8.10. The van der Waals surface area contributed by atoms with Crippen LogP contribution in [0.2, 0.25) is 0 Å². The fourth-order valence-corrected chi connectivity index (χ4v) is 5.08. The molecule has 5 rings (SSSR count). The highest BCUT2D eigenvalue weighted by atomic mass is 32.2. The third-order valence-electron chi connectivity index (χ3n) is 4.78. The van der Waals surface area contributed by atoms with E-state index in [-0.39, 0.29) is 18.5 Å². The number of aromatic nitrogens is 3. The zero-order chi connectivity index (χ0) is 22.1. The van der Waals surface area contributed by atoms with Crippen molar-refractivity contribution in [1.29, 1.82) is 0 Å². The summed E-state index contributed by atoms with van der Waals surface area (Å²) in [6.07, 6.45) is 1.08. The zero-order valence-electron chi connectivity index (χ0n) is 17.1. The first-order valence-corrected chi connectivity index (χ1v) is 11.8. The number of thioether (sulfide) groups is 1. The summed E-state index contributed by atoms with van der Waals surface area (Å²) in [4.78, 5) is 18.2. The van der Waals surface area contributed by atoms with E-state index in [9.17, 15) is 9.18 Å². The highest BCUT2D eigenvalue weighted by molar-refractivity contribution is 7.99. The molecule has 32 heavy (non-hydrogen) atoms. The van der Waals surface area contributed by atoms with Gasteiger partial charge in [0.2, 0.25) is 17.8 Å². The lowest BCUT2D eigenvalue weighted by Crippen LogP contribution is -2.14. The lowest BCUT2D eigenvalue weighted by molar-refractivity contribution is -0.116. The standard InChI is InChI=1S/C22H19FN4O3S2/c1-13-9-20(25-21(28)3-2-8-31-15-6-4-14(23)5-7-15)27(26-13)22-24-16-10-17-18(30-12-29-17)11-19(16)32-22/h4-7,9-11H,2-3,8,12H2,1H3,(H,25,28). The van der Waals surface area contributed by atoms with Gasteiger partial charge in [-0.15, -0.1) is 11.8 Å². The van der Waals surface area contributed by atoms with Gasteiger partial charge in [-0.2, -0.15) is 9.78 Å². The Kier molecular flexibility index (Phi) is 5.71. The molecule has 1 amide bonds. The minimum atomic E-state index is -0.250. The van der Waals surface area contributed by atoms with Crippen molar-refractivity contribution in [3.05, 3.63) is 54.0 Å². The first-order valence-electron chi connectivity index (χ1n) is 10.0. The van der Waals surface area contributed by atoms with Crippen LogP contribution in [-0.2, 0) is 4.79 Å². The third-order valence-corrected chi connectivity index (χ3v) is 6.87. The van der Waals surface area contributed by atoms with E-state index in [1.807, 2.05) is 25.1 Å². The lowest BCUT2D eigenvalue weighted by atomic mass is 10.3. The van der Waals surface area contributed by atoms with Crippen molar-refractivity contribution >= 4 is 45.0 Å². The highest BCUT2D eigenvalue weighted by Crippen LogP contribution is 2.39. The van der Waals surface area contributed by atoms with Gasteiger partial charge >= 0.3 is 0 Å². The maximum absolute atomic E-state index is 13.0. The highest BCUT2D eigenvalue weighted by Gasteiger charge is 2.19. The molecule has 3 heterocycles. The van der Waals surface area contributed by atoms with Crippen molar-refractivity contribution in [3.8, 4) is 16.6 Å². The number of carbonyl (C=O) groups is 1. The normalized spacial score (nSPS) is 12.4. The van der Waals surface area contributed by atoms with Gasteiger partial charge in [0.05, 0.1) is 15.9 Å². The van der Waals surface area contributed by atoms with Gasteiger partial charge in [-0.25, -0.2) is 9.37 Å². The molecule has 0 saturated carbocycles. The number of anilines is 1. The van der Waals surface area contributed by atoms with Gasteiger partial charge in [0.25, 0.3) is 0 Å². The van der Waals surface area contributed by atoms with Crippen molar-refractivity contribution < 1.29 is 18.7 Å². The van der Waals surface area contributed by atoms with Crippen LogP contribution >= 0.6 is 23.1 Å². The summed E-state index contributed by atoms with van der Waals surface area (Å²) in [6, 6.07) is 11.9. The van der Waals surface area contributed by atoms with E-state index in [1.54, 1.807) is 28.6 Å². The average molecular weight is 471 g/mol. The van der Waals surface area contributed by atoms with Crippen molar-refractivity contribution in [2.24, 2.45) is 0 Å². The minimum absolute atomic E-state index is 0.0901. The molecule has 0 aliphatic carbocycles. The van der Waals surface area contributed by atoms with Crippen molar-refractivity contribution in [1.82, 2.24) is 14.8 Å². The molecular weight excluding hydrogens is 451 g/mol. The number of aryl methyl sites for hydroxylation is 1. The number of ether oxygens (including phenoxy) is 2. The summed E-state index contributed by atoms with van der Waals surface area (Å²) in [5.41, 5.74) is 1.57. The Morgan fingerprint density at radius 2 is 2.00 bits per heavy atom. The van der Waals surface area contributed by atoms with Gasteiger partial charge in [0.15, 0.2) is 11.5 Å². The van der Waals surface area contributed by atoms with Crippen molar-refractivity contribution in [3.63, 3.8) is 0 Å². The fraction of sp³-hybridized carbons (Fsp3) is 0.227. The van der Waals surface area contributed by atoms with E-state index in [0.717, 1.165) is 26.6 Å². The predicted octanol–water partition coefficient (Wildman–Crippen LogP) is 5.17. The summed E-state index contributed by atoms with van der Waals surface area (Å²) in [5.74, 6) is 2.39. The topological polar surface area (TPSA) is 78.3 Å². The predicted molar refractivity (Wildman–Crippen MR) is 123 cm³/mol.